The lowest BCUT2D eigenvalue weighted by Gasteiger charge is -2.11. The highest BCUT2D eigenvalue weighted by Gasteiger charge is 2.14. The lowest BCUT2D eigenvalue weighted by atomic mass is 10.3. The number of rotatable bonds is 9. The number of anilines is 2. The van der Waals surface area contributed by atoms with Crippen LogP contribution in [-0.4, -0.2) is 27.5 Å². The molecule has 0 spiro atoms. The largest absolute Gasteiger partial charge is 0.494 e. The van der Waals surface area contributed by atoms with Crippen molar-refractivity contribution in [2.45, 2.75) is 11.8 Å². The van der Waals surface area contributed by atoms with Gasteiger partial charge in [-0.2, -0.15) is 0 Å². The average Bonchev–Trinajstić information content (AvgIpc) is 2.74. The van der Waals surface area contributed by atoms with Gasteiger partial charge in [0.05, 0.1) is 11.5 Å². The Bertz CT molecular complexity index is 1130. The summed E-state index contributed by atoms with van der Waals surface area (Å²) >= 11 is 3.34. The van der Waals surface area contributed by atoms with Gasteiger partial charge in [0.15, 0.2) is 6.61 Å². The van der Waals surface area contributed by atoms with Gasteiger partial charge in [-0.15, -0.1) is 0 Å². The van der Waals surface area contributed by atoms with Gasteiger partial charge in [-0.25, -0.2) is 8.42 Å². The maximum absolute atomic E-state index is 12.6. The molecule has 0 aliphatic carbocycles. The van der Waals surface area contributed by atoms with Crippen molar-refractivity contribution in [3.05, 3.63) is 77.3 Å². The smallest absolute Gasteiger partial charge is 0.262 e. The van der Waals surface area contributed by atoms with Crippen LogP contribution in [0.3, 0.4) is 0 Å². The van der Waals surface area contributed by atoms with Crippen LogP contribution < -0.4 is 19.5 Å². The van der Waals surface area contributed by atoms with Crippen molar-refractivity contribution >= 4 is 43.2 Å². The highest BCUT2D eigenvalue weighted by Crippen LogP contribution is 2.21. The molecule has 0 atom stereocenters. The molecule has 9 heteroatoms. The van der Waals surface area contributed by atoms with Gasteiger partial charge in [0.25, 0.3) is 15.9 Å². The molecule has 0 saturated carbocycles. The van der Waals surface area contributed by atoms with Crippen LogP contribution in [0.1, 0.15) is 6.92 Å². The molecule has 0 unspecified atom stereocenters. The van der Waals surface area contributed by atoms with Crippen molar-refractivity contribution in [2.75, 3.05) is 23.3 Å². The first-order chi connectivity index (χ1) is 14.9. The predicted molar refractivity (Wildman–Crippen MR) is 123 cm³/mol. The molecule has 1 amide bonds. The van der Waals surface area contributed by atoms with Gasteiger partial charge in [0, 0.05) is 15.8 Å². The molecular formula is C22H21BrN2O5S. The van der Waals surface area contributed by atoms with Crippen LogP contribution in [0, 0.1) is 0 Å². The van der Waals surface area contributed by atoms with E-state index >= 15 is 0 Å². The molecule has 0 bridgehead atoms. The van der Waals surface area contributed by atoms with E-state index in [0.29, 0.717) is 29.5 Å². The number of hydrogen-bond donors (Lipinski definition) is 2. The predicted octanol–water partition coefficient (Wildman–Crippen LogP) is 4.67. The van der Waals surface area contributed by atoms with Gasteiger partial charge in [-0.3, -0.25) is 9.52 Å². The second-order valence-electron chi connectivity index (χ2n) is 6.38. The van der Waals surface area contributed by atoms with E-state index in [1.165, 1.54) is 24.3 Å². The molecule has 162 valence electrons. The van der Waals surface area contributed by atoms with E-state index < -0.39 is 10.0 Å². The summed E-state index contributed by atoms with van der Waals surface area (Å²) in [5, 5.41) is 2.72. The van der Waals surface area contributed by atoms with Crippen molar-refractivity contribution in [1.82, 2.24) is 0 Å². The maximum atomic E-state index is 12.6. The lowest BCUT2D eigenvalue weighted by molar-refractivity contribution is -0.118. The Hall–Kier alpha value is -3.04. The second kappa shape index (κ2) is 10.3. The molecule has 3 rings (SSSR count). The summed E-state index contributed by atoms with van der Waals surface area (Å²) in [7, 11) is -3.76. The molecule has 0 aliphatic heterocycles. The zero-order valence-electron chi connectivity index (χ0n) is 16.7. The molecular weight excluding hydrogens is 484 g/mol. The Morgan fingerprint density at radius 1 is 0.903 bits per heavy atom. The quantitative estimate of drug-likeness (QED) is 0.441. The molecule has 3 aromatic rings. The van der Waals surface area contributed by atoms with Crippen LogP contribution in [0.2, 0.25) is 0 Å². The summed E-state index contributed by atoms with van der Waals surface area (Å²) in [6, 6.07) is 19.7. The van der Waals surface area contributed by atoms with E-state index in [1.807, 2.05) is 13.0 Å². The number of nitrogens with one attached hydrogen (secondary N) is 2. The van der Waals surface area contributed by atoms with Gasteiger partial charge in [-0.05, 0) is 73.7 Å². The molecule has 0 fully saturated rings. The van der Waals surface area contributed by atoms with Crippen molar-refractivity contribution in [3.8, 4) is 11.5 Å². The fourth-order valence-corrected chi connectivity index (χ4v) is 4.09. The first-order valence-electron chi connectivity index (χ1n) is 9.40. The van der Waals surface area contributed by atoms with Crippen LogP contribution in [0.25, 0.3) is 0 Å². The van der Waals surface area contributed by atoms with E-state index in [1.54, 1.807) is 42.5 Å². The fraction of sp³-hybridized carbons (Fsp3) is 0.136. The molecule has 3 aromatic carbocycles. The molecule has 31 heavy (non-hydrogen) atoms. The number of sulfonamides is 1. The minimum absolute atomic E-state index is 0.0762. The van der Waals surface area contributed by atoms with E-state index in [-0.39, 0.29) is 17.4 Å². The Morgan fingerprint density at radius 2 is 1.55 bits per heavy atom. The third kappa shape index (κ3) is 6.73. The number of hydrogen-bond acceptors (Lipinski definition) is 5. The first-order valence-corrected chi connectivity index (χ1v) is 11.7. The third-order valence-corrected chi connectivity index (χ3v) is 5.92. The van der Waals surface area contributed by atoms with E-state index in [4.69, 9.17) is 9.47 Å². The lowest BCUT2D eigenvalue weighted by Crippen LogP contribution is -2.20. The average molecular weight is 505 g/mol. The number of halogens is 1. The Balaban J connectivity index is 1.56. The normalized spacial score (nSPS) is 10.9. The number of ether oxygens (including phenoxy) is 2. The van der Waals surface area contributed by atoms with Gasteiger partial charge >= 0.3 is 0 Å². The number of carbonyl (C=O) groups excluding carboxylic acids is 1. The van der Waals surface area contributed by atoms with Crippen molar-refractivity contribution < 1.29 is 22.7 Å². The van der Waals surface area contributed by atoms with Gasteiger partial charge in [0.2, 0.25) is 0 Å². The first kappa shape index (κ1) is 22.6. The van der Waals surface area contributed by atoms with Gasteiger partial charge < -0.3 is 14.8 Å². The highest BCUT2D eigenvalue weighted by molar-refractivity contribution is 9.10. The zero-order valence-corrected chi connectivity index (χ0v) is 19.1. The van der Waals surface area contributed by atoms with Crippen LogP contribution >= 0.6 is 15.9 Å². The van der Waals surface area contributed by atoms with Crippen molar-refractivity contribution in [2.24, 2.45) is 0 Å². The van der Waals surface area contributed by atoms with Crippen LogP contribution in [0.5, 0.6) is 11.5 Å². The second-order valence-corrected chi connectivity index (χ2v) is 8.98. The number of amides is 1. The summed E-state index contributed by atoms with van der Waals surface area (Å²) in [6.07, 6.45) is 0. The Morgan fingerprint density at radius 3 is 2.19 bits per heavy atom. The molecule has 2 N–H and O–H groups in total. The molecule has 0 saturated heterocycles. The zero-order chi connectivity index (χ0) is 22.3. The molecule has 0 aliphatic rings. The van der Waals surface area contributed by atoms with Crippen LogP contribution in [0.15, 0.2) is 82.2 Å². The maximum Gasteiger partial charge on any atom is 0.262 e. The van der Waals surface area contributed by atoms with E-state index in [0.717, 1.165) is 4.47 Å². The van der Waals surface area contributed by atoms with E-state index in [2.05, 4.69) is 26.0 Å². The third-order valence-electron chi connectivity index (χ3n) is 4.03. The molecule has 0 aromatic heterocycles. The summed E-state index contributed by atoms with van der Waals surface area (Å²) in [5.41, 5.74) is 1.07. The van der Waals surface area contributed by atoms with Crippen molar-refractivity contribution in [1.29, 1.82) is 0 Å². The summed E-state index contributed by atoms with van der Waals surface area (Å²) < 4.78 is 39.3. The SMILES string of the molecule is CCOc1ccc(NS(=O)(=O)c2ccc(OCC(=O)Nc3cccc(Br)c3)cc2)cc1. The van der Waals surface area contributed by atoms with Crippen molar-refractivity contribution in [3.63, 3.8) is 0 Å². The Kier molecular flexibility index (Phi) is 7.54. The molecule has 7 nitrogen and oxygen atoms in total. The van der Waals surface area contributed by atoms with Crippen LogP contribution in [-0.2, 0) is 14.8 Å². The summed E-state index contributed by atoms with van der Waals surface area (Å²) in [6.45, 7) is 2.20. The molecule has 0 heterocycles. The Labute approximate surface area is 189 Å². The standard InChI is InChI=1S/C22H21BrN2O5S/c1-2-29-19-8-6-17(7-9-19)25-31(27,28)21-12-10-20(11-13-21)30-15-22(26)24-18-5-3-4-16(23)14-18/h3-14,25H,2,15H2,1H3,(H,24,26). The topological polar surface area (TPSA) is 93.7 Å². The van der Waals surface area contributed by atoms with Crippen LogP contribution in [0.4, 0.5) is 11.4 Å². The summed E-state index contributed by atoms with van der Waals surface area (Å²) in [4.78, 5) is 12.1. The molecule has 0 radical (unpaired) electrons. The van der Waals surface area contributed by atoms with Gasteiger partial charge in [0.1, 0.15) is 11.5 Å². The minimum atomic E-state index is -3.76. The highest BCUT2D eigenvalue weighted by atomic mass is 79.9. The number of benzene rings is 3. The number of carbonyl (C=O) groups is 1. The fourth-order valence-electron chi connectivity index (χ4n) is 2.63. The monoisotopic (exact) mass is 504 g/mol. The summed E-state index contributed by atoms with van der Waals surface area (Å²) in [5.74, 6) is 0.715. The van der Waals surface area contributed by atoms with E-state index in [9.17, 15) is 13.2 Å². The van der Waals surface area contributed by atoms with Gasteiger partial charge in [-0.1, -0.05) is 22.0 Å². The minimum Gasteiger partial charge on any atom is -0.494 e.